The molecule has 2 heterocycles. The van der Waals surface area contributed by atoms with Gasteiger partial charge in [0.2, 0.25) is 5.91 Å². The Balaban J connectivity index is 2.38. The lowest BCUT2D eigenvalue weighted by Gasteiger charge is -2.47. The number of β-lactam (4-membered cyclic amide) rings is 1. The highest BCUT2D eigenvalue weighted by atomic mass is 32.2. The minimum atomic E-state index is -1.19. The fraction of sp³-hybridized carbons (Fsp3) is 0.500. The van der Waals surface area contributed by atoms with Crippen LogP contribution in [-0.2, 0) is 9.59 Å². The van der Waals surface area contributed by atoms with E-state index in [1.807, 2.05) is 0 Å². The van der Waals surface area contributed by atoms with E-state index in [1.54, 1.807) is 0 Å². The Morgan fingerprint density at radius 2 is 2.33 bits per heavy atom. The summed E-state index contributed by atoms with van der Waals surface area (Å²) in [5, 5.41) is 17.6. The normalized spacial score (nSPS) is 30.0. The lowest BCUT2D eigenvalue weighted by molar-refractivity contribution is -0.148. The monoisotopic (exact) mass is 230 g/mol. The highest BCUT2D eigenvalue weighted by Gasteiger charge is 2.51. The van der Waals surface area contributed by atoms with Crippen molar-refractivity contribution in [2.75, 3.05) is 12.4 Å². The van der Waals surface area contributed by atoms with Crippen molar-refractivity contribution in [3.05, 3.63) is 11.3 Å². The summed E-state index contributed by atoms with van der Waals surface area (Å²) in [6, 6.07) is -0.621. The smallest absolute Gasteiger partial charge is 0.352 e. The molecule has 2 aliphatic rings. The Bertz CT molecular complexity index is 368. The number of carbonyl (C=O) groups excluding carboxylic acids is 1. The average molecular weight is 230 g/mol. The molecule has 0 bridgehead atoms. The number of carbonyl (C=O) groups is 2. The maximum absolute atomic E-state index is 11.4. The maximum Gasteiger partial charge on any atom is 0.352 e. The van der Waals surface area contributed by atoms with Gasteiger partial charge in [0, 0.05) is 5.75 Å². The summed E-state index contributed by atoms with van der Waals surface area (Å²) >= 11 is 1.38. The predicted octanol–water partition coefficient (Wildman–Crippen LogP) is -1.44. The molecule has 0 saturated carbocycles. The zero-order valence-corrected chi connectivity index (χ0v) is 8.53. The van der Waals surface area contributed by atoms with Crippen LogP contribution in [0.1, 0.15) is 0 Å². The molecule has 4 N–H and O–H groups in total. The summed E-state index contributed by atoms with van der Waals surface area (Å²) in [6.45, 7) is -0.347. The van der Waals surface area contributed by atoms with E-state index in [0.717, 1.165) is 4.90 Å². The summed E-state index contributed by atoms with van der Waals surface area (Å²) in [7, 11) is 0. The molecule has 7 heteroatoms. The summed E-state index contributed by atoms with van der Waals surface area (Å²) in [5.41, 5.74) is 5.80. The molecule has 0 aromatic heterocycles. The Morgan fingerprint density at radius 1 is 1.67 bits per heavy atom. The highest BCUT2D eigenvalue weighted by molar-refractivity contribution is 8.00. The number of aliphatic carboxylic acids is 1. The fourth-order valence-electron chi connectivity index (χ4n) is 1.70. The molecule has 0 aromatic rings. The van der Waals surface area contributed by atoms with E-state index in [0.29, 0.717) is 11.3 Å². The number of aliphatic hydroxyl groups is 1. The summed E-state index contributed by atoms with van der Waals surface area (Å²) in [4.78, 5) is 23.5. The standard InChI is InChI=1S/C8H10N2O4S/c9-4-6(12)10-5(8(13)14)3(1-11)2-15-7(4)10/h4,7,11H,1-2,9H2,(H,13,14)/t4-,7-/m0/s1. The number of carboxylic acid groups (broad SMARTS) is 1. The minimum Gasteiger partial charge on any atom is -0.477 e. The first-order chi connectivity index (χ1) is 7.07. The molecule has 0 aliphatic carbocycles. The third-order valence-electron chi connectivity index (χ3n) is 2.48. The first kappa shape index (κ1) is 10.5. The lowest BCUT2D eigenvalue weighted by atomic mass is 10.0. The number of nitrogens with two attached hydrogens (primary N) is 1. The largest absolute Gasteiger partial charge is 0.477 e. The number of thioether (sulfide) groups is 1. The van der Waals surface area contributed by atoms with E-state index in [4.69, 9.17) is 15.9 Å². The molecule has 1 amide bonds. The molecule has 15 heavy (non-hydrogen) atoms. The summed E-state index contributed by atoms with van der Waals surface area (Å²) < 4.78 is 0. The van der Waals surface area contributed by atoms with Crippen LogP contribution in [-0.4, -0.2) is 50.8 Å². The van der Waals surface area contributed by atoms with Crippen molar-refractivity contribution in [2.24, 2.45) is 5.73 Å². The number of hydrogen-bond acceptors (Lipinski definition) is 5. The molecule has 2 rings (SSSR count). The zero-order valence-electron chi connectivity index (χ0n) is 7.71. The van der Waals surface area contributed by atoms with Crippen LogP contribution in [0.3, 0.4) is 0 Å². The second-order valence-electron chi connectivity index (χ2n) is 3.35. The Labute approximate surface area is 89.7 Å². The third-order valence-corrected chi connectivity index (χ3v) is 3.84. The van der Waals surface area contributed by atoms with E-state index in [-0.39, 0.29) is 17.7 Å². The molecule has 6 nitrogen and oxygen atoms in total. The van der Waals surface area contributed by atoms with Crippen LogP contribution in [0.15, 0.2) is 11.3 Å². The minimum absolute atomic E-state index is 0.104. The SMILES string of the molecule is N[C@H]1C(=O)N2C(C(=O)O)=C(CO)CS[C@@H]12. The van der Waals surface area contributed by atoms with Gasteiger partial charge in [-0.1, -0.05) is 0 Å². The van der Waals surface area contributed by atoms with Crippen LogP contribution in [0.25, 0.3) is 0 Å². The van der Waals surface area contributed by atoms with Gasteiger partial charge in [0.1, 0.15) is 17.1 Å². The Morgan fingerprint density at radius 3 is 2.87 bits per heavy atom. The van der Waals surface area contributed by atoms with Crippen molar-refractivity contribution in [1.82, 2.24) is 4.90 Å². The molecule has 0 radical (unpaired) electrons. The van der Waals surface area contributed by atoms with E-state index >= 15 is 0 Å². The van der Waals surface area contributed by atoms with Gasteiger partial charge in [0.25, 0.3) is 0 Å². The van der Waals surface area contributed by atoms with E-state index in [1.165, 1.54) is 11.8 Å². The van der Waals surface area contributed by atoms with Crippen molar-refractivity contribution in [3.63, 3.8) is 0 Å². The van der Waals surface area contributed by atoms with E-state index in [9.17, 15) is 9.59 Å². The molecular formula is C8H10N2O4S. The van der Waals surface area contributed by atoms with Gasteiger partial charge in [-0.05, 0) is 5.57 Å². The van der Waals surface area contributed by atoms with Gasteiger partial charge in [-0.15, -0.1) is 11.8 Å². The average Bonchev–Trinajstić information content (AvgIpc) is 2.25. The van der Waals surface area contributed by atoms with Crippen molar-refractivity contribution in [2.45, 2.75) is 11.4 Å². The van der Waals surface area contributed by atoms with Gasteiger partial charge < -0.3 is 15.9 Å². The van der Waals surface area contributed by atoms with E-state index in [2.05, 4.69) is 0 Å². The predicted molar refractivity (Wildman–Crippen MR) is 52.8 cm³/mol. The zero-order chi connectivity index (χ0) is 11.2. The van der Waals surface area contributed by atoms with Crippen LogP contribution < -0.4 is 5.73 Å². The van der Waals surface area contributed by atoms with Crippen LogP contribution >= 0.6 is 11.8 Å². The molecule has 1 saturated heterocycles. The summed E-state index contributed by atoms with van der Waals surface area (Å²) in [5.74, 6) is -1.18. The number of nitrogens with zero attached hydrogens (tertiary/aromatic N) is 1. The second-order valence-corrected chi connectivity index (χ2v) is 4.46. The highest BCUT2D eigenvalue weighted by Crippen LogP contribution is 2.39. The molecule has 82 valence electrons. The molecule has 2 atom stereocenters. The van der Waals surface area contributed by atoms with Gasteiger partial charge in [0.15, 0.2) is 0 Å². The number of rotatable bonds is 2. The van der Waals surface area contributed by atoms with Crippen molar-refractivity contribution >= 4 is 23.6 Å². The molecule has 2 aliphatic heterocycles. The van der Waals surface area contributed by atoms with Crippen molar-refractivity contribution in [3.8, 4) is 0 Å². The quantitative estimate of drug-likeness (QED) is 0.502. The van der Waals surface area contributed by atoms with Crippen LogP contribution in [0, 0.1) is 0 Å². The molecular weight excluding hydrogens is 220 g/mol. The van der Waals surface area contributed by atoms with Gasteiger partial charge in [-0.3, -0.25) is 9.69 Å². The number of carboxylic acids is 1. The fourth-order valence-corrected chi connectivity index (χ4v) is 2.98. The first-order valence-corrected chi connectivity index (χ1v) is 5.39. The molecule has 0 aromatic carbocycles. The van der Waals surface area contributed by atoms with Gasteiger partial charge in [-0.25, -0.2) is 4.79 Å². The number of fused-ring (bicyclic) bond motifs is 1. The van der Waals surface area contributed by atoms with Crippen molar-refractivity contribution in [1.29, 1.82) is 0 Å². The number of aliphatic hydroxyl groups excluding tert-OH is 1. The maximum atomic E-state index is 11.4. The van der Waals surface area contributed by atoms with Gasteiger partial charge >= 0.3 is 5.97 Å². The van der Waals surface area contributed by atoms with Crippen LogP contribution in [0.2, 0.25) is 0 Å². The lowest BCUT2D eigenvalue weighted by Crippen LogP contribution is -2.68. The third kappa shape index (κ3) is 1.35. The van der Waals surface area contributed by atoms with Crippen molar-refractivity contribution < 1.29 is 19.8 Å². The molecule has 0 unspecified atom stereocenters. The van der Waals surface area contributed by atoms with Crippen LogP contribution in [0.4, 0.5) is 0 Å². The van der Waals surface area contributed by atoms with Crippen LogP contribution in [0.5, 0.6) is 0 Å². The Kier molecular flexibility index (Phi) is 2.45. The summed E-state index contributed by atoms with van der Waals surface area (Å²) in [6.07, 6.45) is 0. The second kappa shape index (κ2) is 3.51. The molecule has 0 spiro atoms. The first-order valence-electron chi connectivity index (χ1n) is 4.34. The van der Waals surface area contributed by atoms with Gasteiger partial charge in [-0.2, -0.15) is 0 Å². The molecule has 1 fully saturated rings. The number of hydrogen-bond donors (Lipinski definition) is 3. The number of amides is 1. The van der Waals surface area contributed by atoms with Gasteiger partial charge in [0.05, 0.1) is 6.61 Å². The Hall–Kier alpha value is -1.05. The topological polar surface area (TPSA) is 104 Å². The van der Waals surface area contributed by atoms with E-state index < -0.39 is 17.9 Å².